The standard InChI is InChI=1S/C11H22NO5P/c1-9(2)16-18(14,17-10(3)4)11(13)12-5-7-15-8-6-12/h9-10H,5-8H2,1-4H3. The molecule has 0 aromatic heterocycles. The van der Waals surface area contributed by atoms with Gasteiger partial charge in [-0.3, -0.25) is 13.8 Å². The molecular formula is C11H22NO5P. The third kappa shape index (κ3) is 4.35. The fourth-order valence-corrected chi connectivity index (χ4v) is 3.48. The molecule has 1 aliphatic rings. The lowest BCUT2D eigenvalue weighted by atomic mass is 10.5. The number of ether oxygens (including phenoxy) is 1. The zero-order valence-electron chi connectivity index (χ0n) is 11.4. The maximum atomic E-state index is 12.6. The molecule has 0 radical (unpaired) electrons. The first kappa shape index (κ1) is 15.6. The fourth-order valence-electron chi connectivity index (χ4n) is 1.60. The monoisotopic (exact) mass is 279 g/mol. The van der Waals surface area contributed by atoms with Crippen molar-refractivity contribution in [2.75, 3.05) is 26.3 Å². The number of hydrogen-bond donors (Lipinski definition) is 0. The minimum atomic E-state index is -3.76. The zero-order valence-corrected chi connectivity index (χ0v) is 12.3. The Hall–Kier alpha value is -0.420. The Bertz CT molecular complexity index is 311. The van der Waals surface area contributed by atoms with Crippen LogP contribution in [0.1, 0.15) is 27.7 Å². The molecule has 1 heterocycles. The van der Waals surface area contributed by atoms with Crippen molar-refractivity contribution in [2.45, 2.75) is 39.9 Å². The first-order valence-electron chi connectivity index (χ1n) is 6.19. The van der Waals surface area contributed by atoms with Gasteiger partial charge in [0.2, 0.25) is 0 Å². The summed E-state index contributed by atoms with van der Waals surface area (Å²) in [7, 11) is -3.76. The van der Waals surface area contributed by atoms with Crippen LogP contribution in [0.5, 0.6) is 0 Å². The van der Waals surface area contributed by atoms with E-state index < -0.39 is 13.2 Å². The molecule has 0 unspecified atom stereocenters. The summed E-state index contributed by atoms with van der Waals surface area (Å²) in [4.78, 5) is 13.7. The number of carbonyl (C=O) groups is 1. The van der Waals surface area contributed by atoms with Crippen molar-refractivity contribution >= 4 is 13.2 Å². The van der Waals surface area contributed by atoms with Crippen molar-refractivity contribution in [1.29, 1.82) is 0 Å². The van der Waals surface area contributed by atoms with Crippen molar-refractivity contribution in [1.82, 2.24) is 4.90 Å². The molecule has 1 aliphatic heterocycles. The Labute approximate surface area is 108 Å². The van der Waals surface area contributed by atoms with Gasteiger partial charge in [-0.25, -0.2) is 4.57 Å². The molecule has 0 spiro atoms. The van der Waals surface area contributed by atoms with Crippen LogP contribution < -0.4 is 0 Å². The summed E-state index contributed by atoms with van der Waals surface area (Å²) in [6.07, 6.45) is -0.667. The maximum absolute atomic E-state index is 12.6. The smallest absolute Gasteiger partial charge is 0.378 e. The number of rotatable bonds is 5. The van der Waals surface area contributed by atoms with Gasteiger partial charge in [-0.15, -0.1) is 0 Å². The molecule has 7 heteroatoms. The van der Waals surface area contributed by atoms with Gasteiger partial charge in [-0.1, -0.05) is 0 Å². The molecule has 1 fully saturated rings. The van der Waals surface area contributed by atoms with Crippen LogP contribution in [0.15, 0.2) is 0 Å². The quantitative estimate of drug-likeness (QED) is 0.723. The molecule has 0 bridgehead atoms. The predicted molar refractivity (Wildman–Crippen MR) is 67.8 cm³/mol. The van der Waals surface area contributed by atoms with Gasteiger partial charge in [-0.2, -0.15) is 0 Å². The average molecular weight is 279 g/mol. The summed E-state index contributed by atoms with van der Waals surface area (Å²) in [5.74, 6) is 0. The van der Waals surface area contributed by atoms with E-state index in [9.17, 15) is 9.36 Å². The largest absolute Gasteiger partial charge is 0.418 e. The van der Waals surface area contributed by atoms with E-state index in [2.05, 4.69) is 0 Å². The second-order valence-corrected chi connectivity index (χ2v) is 6.49. The van der Waals surface area contributed by atoms with Gasteiger partial charge in [0, 0.05) is 13.1 Å². The van der Waals surface area contributed by atoms with Crippen molar-refractivity contribution < 1.29 is 23.1 Å². The molecule has 6 nitrogen and oxygen atoms in total. The van der Waals surface area contributed by atoms with Crippen LogP contribution in [-0.4, -0.2) is 49.1 Å². The summed E-state index contributed by atoms with van der Waals surface area (Å²) < 4.78 is 28.2. The first-order valence-corrected chi connectivity index (χ1v) is 7.73. The molecular weight excluding hydrogens is 257 g/mol. The van der Waals surface area contributed by atoms with E-state index in [1.807, 2.05) is 0 Å². The Morgan fingerprint density at radius 2 is 1.56 bits per heavy atom. The first-order chi connectivity index (χ1) is 8.35. The Morgan fingerprint density at radius 1 is 1.11 bits per heavy atom. The van der Waals surface area contributed by atoms with E-state index >= 15 is 0 Å². The van der Waals surface area contributed by atoms with Gasteiger partial charge in [0.1, 0.15) is 0 Å². The van der Waals surface area contributed by atoms with Crippen LogP contribution in [0.2, 0.25) is 0 Å². The highest BCUT2D eigenvalue weighted by atomic mass is 31.2. The lowest BCUT2D eigenvalue weighted by Crippen LogP contribution is -2.40. The second kappa shape index (κ2) is 6.66. The number of carbonyl (C=O) groups excluding carboxylic acids is 1. The van der Waals surface area contributed by atoms with E-state index in [0.717, 1.165) is 0 Å². The molecule has 0 atom stereocenters. The van der Waals surface area contributed by atoms with Crippen LogP contribution in [0, 0.1) is 0 Å². The minimum Gasteiger partial charge on any atom is -0.378 e. The molecule has 0 aromatic carbocycles. The van der Waals surface area contributed by atoms with Crippen molar-refractivity contribution in [3.8, 4) is 0 Å². The normalized spacial score (nSPS) is 17.6. The van der Waals surface area contributed by atoms with Crippen molar-refractivity contribution in [2.24, 2.45) is 0 Å². The molecule has 0 saturated carbocycles. The number of morpholine rings is 1. The predicted octanol–water partition coefficient (Wildman–Crippen LogP) is 2.48. The van der Waals surface area contributed by atoms with Gasteiger partial charge < -0.3 is 9.64 Å². The van der Waals surface area contributed by atoms with Gasteiger partial charge in [-0.05, 0) is 27.7 Å². The minimum absolute atomic E-state index is 0.334. The van der Waals surface area contributed by atoms with Crippen molar-refractivity contribution in [3.63, 3.8) is 0 Å². The van der Waals surface area contributed by atoms with Gasteiger partial charge in [0.15, 0.2) is 0 Å². The molecule has 106 valence electrons. The molecule has 18 heavy (non-hydrogen) atoms. The van der Waals surface area contributed by atoms with Gasteiger partial charge >= 0.3 is 13.2 Å². The van der Waals surface area contributed by atoms with E-state index in [0.29, 0.717) is 26.3 Å². The maximum Gasteiger partial charge on any atom is 0.418 e. The van der Waals surface area contributed by atoms with Crippen molar-refractivity contribution in [3.05, 3.63) is 0 Å². The van der Waals surface area contributed by atoms with E-state index in [1.54, 1.807) is 27.7 Å². The Morgan fingerprint density at radius 3 is 1.94 bits per heavy atom. The summed E-state index contributed by atoms with van der Waals surface area (Å²) in [5, 5.41) is 0. The molecule has 0 aromatic rings. The van der Waals surface area contributed by atoms with E-state index in [1.165, 1.54) is 4.90 Å². The van der Waals surface area contributed by atoms with Gasteiger partial charge in [0.05, 0.1) is 25.4 Å². The van der Waals surface area contributed by atoms with Crippen LogP contribution in [0.3, 0.4) is 0 Å². The summed E-state index contributed by atoms with van der Waals surface area (Å²) in [5.41, 5.74) is -0.562. The highest BCUT2D eigenvalue weighted by molar-refractivity contribution is 7.71. The number of hydrogen-bond acceptors (Lipinski definition) is 5. The van der Waals surface area contributed by atoms with Crippen LogP contribution >= 0.6 is 7.60 Å². The summed E-state index contributed by atoms with van der Waals surface area (Å²) in [6, 6.07) is 0. The summed E-state index contributed by atoms with van der Waals surface area (Å²) >= 11 is 0. The third-order valence-corrected chi connectivity index (χ3v) is 4.36. The molecule has 0 N–H and O–H groups in total. The van der Waals surface area contributed by atoms with Crippen LogP contribution in [-0.2, 0) is 18.3 Å². The number of amides is 1. The molecule has 1 amide bonds. The van der Waals surface area contributed by atoms with Crippen LogP contribution in [0.4, 0.5) is 4.79 Å². The van der Waals surface area contributed by atoms with Gasteiger partial charge in [0.25, 0.3) is 0 Å². The highest BCUT2D eigenvalue weighted by Gasteiger charge is 2.41. The zero-order chi connectivity index (χ0) is 13.8. The third-order valence-electron chi connectivity index (χ3n) is 2.22. The Balaban J connectivity index is 2.80. The fraction of sp³-hybridized carbons (Fsp3) is 0.909. The lowest BCUT2D eigenvalue weighted by molar-refractivity contribution is 0.0549. The molecule has 1 rings (SSSR count). The second-order valence-electron chi connectivity index (χ2n) is 4.69. The number of nitrogens with zero attached hydrogens (tertiary/aromatic N) is 1. The lowest BCUT2D eigenvalue weighted by Gasteiger charge is -2.30. The topological polar surface area (TPSA) is 65.1 Å². The van der Waals surface area contributed by atoms with Crippen LogP contribution in [0.25, 0.3) is 0 Å². The molecule has 1 saturated heterocycles. The summed E-state index contributed by atoms with van der Waals surface area (Å²) in [6.45, 7) is 8.65. The Kier molecular flexibility index (Phi) is 5.79. The average Bonchev–Trinajstić information content (AvgIpc) is 2.27. The van der Waals surface area contributed by atoms with E-state index in [4.69, 9.17) is 13.8 Å². The SMILES string of the molecule is CC(C)OP(=O)(OC(C)C)C(=O)N1CCOCC1. The molecule has 0 aliphatic carbocycles. The highest BCUT2D eigenvalue weighted by Crippen LogP contribution is 2.52. The van der Waals surface area contributed by atoms with E-state index in [-0.39, 0.29) is 12.2 Å².